The van der Waals surface area contributed by atoms with Crippen molar-refractivity contribution in [2.75, 3.05) is 7.11 Å². The van der Waals surface area contributed by atoms with E-state index in [4.69, 9.17) is 4.74 Å². The van der Waals surface area contributed by atoms with Gasteiger partial charge in [-0.15, -0.1) is 0 Å². The quantitative estimate of drug-likeness (QED) is 0.668. The molecule has 1 aliphatic heterocycles. The first-order chi connectivity index (χ1) is 6.83. The predicted molar refractivity (Wildman–Crippen MR) is 53.2 cm³/mol. The van der Waals surface area contributed by atoms with Crippen molar-refractivity contribution in [1.82, 2.24) is 5.32 Å². The van der Waals surface area contributed by atoms with Gasteiger partial charge in [0.1, 0.15) is 17.7 Å². The number of carbonyl (C=O) groups is 2. The third-order valence-corrected chi connectivity index (χ3v) is 2.05. The maximum Gasteiger partial charge on any atom is 0.323 e. The molecule has 0 amide bonds. The molecule has 15 heavy (non-hydrogen) atoms. The van der Waals surface area contributed by atoms with Crippen molar-refractivity contribution in [3.05, 3.63) is 0 Å². The Morgan fingerprint density at radius 1 is 1.20 bits per heavy atom. The highest BCUT2D eigenvalue weighted by Gasteiger charge is 2.40. The third kappa shape index (κ3) is 3.20. The molecule has 1 aliphatic rings. The van der Waals surface area contributed by atoms with Gasteiger partial charge in [0.25, 0.3) is 0 Å². The summed E-state index contributed by atoms with van der Waals surface area (Å²) in [5.41, 5.74) is -0.491. The van der Waals surface area contributed by atoms with Crippen molar-refractivity contribution < 1.29 is 19.1 Å². The fourth-order valence-corrected chi connectivity index (χ4v) is 1.30. The van der Waals surface area contributed by atoms with Crippen LogP contribution in [0.4, 0.5) is 0 Å². The molecular weight excluding hydrogens is 198 g/mol. The molecule has 2 unspecified atom stereocenters. The minimum Gasteiger partial charge on any atom is -0.468 e. The number of rotatable bonds is 2. The molecule has 0 radical (unpaired) electrons. The maximum absolute atomic E-state index is 11.5. The molecule has 1 fully saturated rings. The van der Waals surface area contributed by atoms with Gasteiger partial charge in [-0.2, -0.15) is 0 Å². The second-order valence-electron chi connectivity index (χ2n) is 4.56. The lowest BCUT2D eigenvalue weighted by Gasteiger charge is -2.35. The van der Waals surface area contributed by atoms with Gasteiger partial charge < -0.3 is 9.47 Å². The van der Waals surface area contributed by atoms with E-state index < -0.39 is 5.60 Å². The van der Waals surface area contributed by atoms with Crippen LogP contribution in [0.3, 0.4) is 0 Å². The first-order valence-electron chi connectivity index (χ1n) is 4.90. The van der Waals surface area contributed by atoms with Crippen LogP contribution in [0.1, 0.15) is 27.2 Å². The Morgan fingerprint density at radius 2 is 1.67 bits per heavy atom. The van der Waals surface area contributed by atoms with E-state index in [0.717, 1.165) is 0 Å². The lowest BCUT2D eigenvalue weighted by molar-refractivity contribution is -0.163. The smallest absolute Gasteiger partial charge is 0.323 e. The number of ether oxygens (including phenoxy) is 2. The van der Waals surface area contributed by atoms with Crippen LogP contribution in [-0.4, -0.2) is 36.7 Å². The molecule has 5 nitrogen and oxygen atoms in total. The molecule has 5 heteroatoms. The van der Waals surface area contributed by atoms with Crippen LogP contribution >= 0.6 is 0 Å². The van der Waals surface area contributed by atoms with Crippen LogP contribution in [-0.2, 0) is 19.1 Å². The molecule has 1 rings (SSSR count). The van der Waals surface area contributed by atoms with E-state index in [1.54, 1.807) is 20.8 Å². The van der Waals surface area contributed by atoms with Crippen molar-refractivity contribution in [2.45, 2.75) is 44.9 Å². The molecular formula is C10H17NO4. The summed E-state index contributed by atoms with van der Waals surface area (Å²) in [7, 11) is 1.32. The molecule has 0 aromatic heterocycles. The number of hydrogen-bond donors (Lipinski definition) is 1. The average molecular weight is 215 g/mol. The van der Waals surface area contributed by atoms with Gasteiger partial charge in [0.2, 0.25) is 0 Å². The normalized spacial score (nSPS) is 25.3. The second kappa shape index (κ2) is 4.18. The maximum atomic E-state index is 11.5. The monoisotopic (exact) mass is 215 g/mol. The zero-order valence-corrected chi connectivity index (χ0v) is 9.49. The van der Waals surface area contributed by atoms with Gasteiger partial charge in [-0.1, -0.05) is 0 Å². The van der Waals surface area contributed by atoms with Crippen molar-refractivity contribution >= 4 is 11.9 Å². The molecule has 1 heterocycles. The molecule has 1 N–H and O–H groups in total. The Labute approximate surface area is 89.1 Å². The highest BCUT2D eigenvalue weighted by atomic mass is 16.6. The minimum atomic E-state index is -0.491. The summed E-state index contributed by atoms with van der Waals surface area (Å²) in [6, 6.07) is -0.749. The van der Waals surface area contributed by atoms with E-state index in [1.165, 1.54) is 7.11 Å². The third-order valence-electron chi connectivity index (χ3n) is 2.05. The van der Waals surface area contributed by atoms with Crippen molar-refractivity contribution in [1.29, 1.82) is 0 Å². The average Bonchev–Trinajstić information content (AvgIpc) is 1.97. The summed E-state index contributed by atoms with van der Waals surface area (Å²) < 4.78 is 9.68. The summed E-state index contributed by atoms with van der Waals surface area (Å²) in [6.45, 7) is 5.42. The van der Waals surface area contributed by atoms with Crippen molar-refractivity contribution in [3.8, 4) is 0 Å². The van der Waals surface area contributed by atoms with E-state index in [-0.39, 0.29) is 24.0 Å². The van der Waals surface area contributed by atoms with Crippen molar-refractivity contribution in [3.63, 3.8) is 0 Å². The Bertz CT molecular complexity index is 263. The summed E-state index contributed by atoms with van der Waals surface area (Å²) in [6.07, 6.45) is 0.446. The number of carbonyl (C=O) groups excluding carboxylic acids is 2. The SMILES string of the molecule is COC(=O)C1CC(C(=O)OC(C)(C)C)N1. The van der Waals surface area contributed by atoms with Gasteiger partial charge in [-0.25, -0.2) is 0 Å². The van der Waals surface area contributed by atoms with Crippen LogP contribution in [0.2, 0.25) is 0 Å². The number of hydrogen-bond acceptors (Lipinski definition) is 5. The molecule has 0 bridgehead atoms. The summed E-state index contributed by atoms with van der Waals surface area (Å²) in [4.78, 5) is 22.5. The number of methoxy groups -OCH3 is 1. The highest BCUT2D eigenvalue weighted by molar-refractivity contribution is 5.84. The van der Waals surface area contributed by atoms with Crippen LogP contribution in [0.25, 0.3) is 0 Å². The predicted octanol–water partition coefficient (Wildman–Crippen LogP) is 0.232. The summed E-state index contributed by atoms with van der Waals surface area (Å²) in [5.74, 6) is -0.655. The highest BCUT2D eigenvalue weighted by Crippen LogP contribution is 2.17. The van der Waals surface area contributed by atoms with Crippen LogP contribution in [0, 0.1) is 0 Å². The van der Waals surface area contributed by atoms with Gasteiger partial charge in [-0.3, -0.25) is 14.9 Å². The zero-order chi connectivity index (χ0) is 11.6. The molecule has 0 saturated carbocycles. The lowest BCUT2D eigenvalue weighted by Crippen LogP contribution is -2.61. The molecule has 0 spiro atoms. The van der Waals surface area contributed by atoms with Crippen LogP contribution in [0.5, 0.6) is 0 Å². The van der Waals surface area contributed by atoms with Crippen LogP contribution in [0.15, 0.2) is 0 Å². The molecule has 0 aromatic rings. The fraction of sp³-hybridized carbons (Fsp3) is 0.800. The minimum absolute atomic E-state index is 0.317. The van der Waals surface area contributed by atoms with E-state index in [9.17, 15) is 9.59 Å². The Balaban J connectivity index is 2.33. The Morgan fingerprint density at radius 3 is 2.07 bits per heavy atom. The zero-order valence-electron chi connectivity index (χ0n) is 9.49. The van der Waals surface area contributed by atoms with Gasteiger partial charge in [0, 0.05) is 0 Å². The molecule has 86 valence electrons. The number of esters is 2. The Kier molecular flexibility index (Phi) is 3.34. The first kappa shape index (κ1) is 12.0. The fourth-order valence-electron chi connectivity index (χ4n) is 1.30. The molecule has 0 aliphatic carbocycles. The lowest BCUT2D eigenvalue weighted by atomic mass is 9.97. The van der Waals surface area contributed by atoms with Gasteiger partial charge >= 0.3 is 11.9 Å². The number of nitrogens with one attached hydrogen (secondary N) is 1. The van der Waals surface area contributed by atoms with Gasteiger partial charge in [0.05, 0.1) is 7.11 Å². The van der Waals surface area contributed by atoms with Gasteiger partial charge in [0.15, 0.2) is 0 Å². The second-order valence-corrected chi connectivity index (χ2v) is 4.56. The van der Waals surface area contributed by atoms with E-state index in [1.807, 2.05) is 0 Å². The van der Waals surface area contributed by atoms with E-state index in [0.29, 0.717) is 6.42 Å². The standard InChI is InChI=1S/C10H17NO4/c1-10(2,3)15-9(13)7-5-6(11-7)8(12)14-4/h6-7,11H,5H2,1-4H3. The molecule has 0 aromatic carbocycles. The Hall–Kier alpha value is -1.10. The molecule has 2 atom stereocenters. The van der Waals surface area contributed by atoms with E-state index in [2.05, 4.69) is 10.1 Å². The van der Waals surface area contributed by atoms with E-state index >= 15 is 0 Å². The largest absolute Gasteiger partial charge is 0.468 e. The van der Waals surface area contributed by atoms with Crippen molar-refractivity contribution in [2.24, 2.45) is 0 Å². The summed E-state index contributed by atoms with van der Waals surface area (Å²) in [5, 5.41) is 2.80. The van der Waals surface area contributed by atoms with Crippen LogP contribution < -0.4 is 5.32 Å². The summed E-state index contributed by atoms with van der Waals surface area (Å²) >= 11 is 0. The topological polar surface area (TPSA) is 64.6 Å². The first-order valence-corrected chi connectivity index (χ1v) is 4.90. The molecule has 1 saturated heterocycles. The van der Waals surface area contributed by atoms with Gasteiger partial charge in [-0.05, 0) is 27.2 Å².